The smallest absolute Gasteiger partial charge is 0.243 e. The molecule has 6 nitrogen and oxygen atoms in total. The molecule has 0 aliphatic rings. The molecule has 2 aromatic heterocycles. The second kappa shape index (κ2) is 2.33. The van der Waals surface area contributed by atoms with Crippen molar-refractivity contribution < 1.29 is 4.74 Å². The second-order valence-corrected chi connectivity index (χ2v) is 2.20. The molecule has 2 rings (SSSR count). The van der Waals surface area contributed by atoms with Crippen LogP contribution in [-0.2, 0) is 0 Å². The molecule has 0 aromatic carbocycles. The van der Waals surface area contributed by atoms with E-state index in [1.54, 1.807) is 0 Å². The van der Waals surface area contributed by atoms with Gasteiger partial charge >= 0.3 is 0 Å². The number of nitrogens with one attached hydrogen (secondary N) is 1. The molecule has 12 heavy (non-hydrogen) atoms. The van der Waals surface area contributed by atoms with Crippen molar-refractivity contribution in [1.29, 1.82) is 0 Å². The summed E-state index contributed by atoms with van der Waals surface area (Å²) in [5, 5.41) is 0. The molecule has 2 heterocycles. The highest BCUT2D eigenvalue weighted by molar-refractivity contribution is 5.77. The number of methoxy groups -OCH3 is 1. The monoisotopic (exact) mass is 165 g/mol. The normalized spacial score (nSPS) is 10.4. The summed E-state index contributed by atoms with van der Waals surface area (Å²) in [4.78, 5) is 14.5. The van der Waals surface area contributed by atoms with Gasteiger partial charge in [0.1, 0.15) is 11.8 Å². The highest BCUT2D eigenvalue weighted by Crippen LogP contribution is 2.18. The number of fused-ring (bicyclic) bond motifs is 1. The van der Waals surface area contributed by atoms with Gasteiger partial charge in [-0.25, -0.2) is 4.98 Å². The highest BCUT2D eigenvalue weighted by Gasteiger charge is 2.06. The van der Waals surface area contributed by atoms with Crippen molar-refractivity contribution in [2.45, 2.75) is 0 Å². The van der Waals surface area contributed by atoms with Crippen molar-refractivity contribution in [2.75, 3.05) is 12.8 Å². The summed E-state index contributed by atoms with van der Waals surface area (Å²) in [6.07, 6.45) is 1.38. The van der Waals surface area contributed by atoms with E-state index in [1.165, 1.54) is 13.4 Å². The number of rotatable bonds is 1. The van der Waals surface area contributed by atoms with E-state index in [0.29, 0.717) is 23.0 Å². The fourth-order valence-corrected chi connectivity index (χ4v) is 0.980. The predicted octanol–water partition coefficient (Wildman–Crippen LogP) is -0.0563. The summed E-state index contributed by atoms with van der Waals surface area (Å²) in [7, 11) is 1.53. The van der Waals surface area contributed by atoms with Crippen LogP contribution in [-0.4, -0.2) is 27.0 Å². The molecule has 6 heteroatoms. The molecular weight excluding hydrogens is 158 g/mol. The number of imidazole rings is 1. The van der Waals surface area contributed by atoms with Crippen molar-refractivity contribution in [3.63, 3.8) is 0 Å². The minimum absolute atomic E-state index is 0.309. The van der Waals surface area contributed by atoms with Crippen LogP contribution in [0.25, 0.3) is 11.2 Å². The molecule has 0 amide bonds. The standard InChI is InChI=1S/C6H7N5O/c1-12-5-3-4(8-2-9-5)11-6(7)10-3/h2H,1H3,(H3,7,8,9,10,11). The average molecular weight is 165 g/mol. The Morgan fingerprint density at radius 2 is 2.33 bits per heavy atom. The first-order chi connectivity index (χ1) is 5.81. The van der Waals surface area contributed by atoms with Gasteiger partial charge in [-0.15, -0.1) is 0 Å². The first-order valence-electron chi connectivity index (χ1n) is 3.31. The molecule has 0 radical (unpaired) electrons. The summed E-state index contributed by atoms with van der Waals surface area (Å²) in [6, 6.07) is 0. The maximum Gasteiger partial charge on any atom is 0.243 e. The maximum absolute atomic E-state index is 5.42. The number of ether oxygens (including phenoxy) is 1. The van der Waals surface area contributed by atoms with E-state index >= 15 is 0 Å². The largest absolute Gasteiger partial charge is 0.479 e. The fraction of sp³-hybridized carbons (Fsp3) is 0.167. The van der Waals surface area contributed by atoms with Gasteiger partial charge in [0, 0.05) is 0 Å². The SMILES string of the molecule is COc1ncnc2nc(N)[nH]c12. The topological polar surface area (TPSA) is 89.7 Å². The van der Waals surface area contributed by atoms with Crippen LogP contribution in [0.5, 0.6) is 5.88 Å². The molecule has 0 aliphatic heterocycles. The van der Waals surface area contributed by atoms with Crippen LogP contribution in [0.2, 0.25) is 0 Å². The molecule has 0 atom stereocenters. The third-order valence-electron chi connectivity index (χ3n) is 1.47. The molecule has 0 fully saturated rings. The molecule has 2 aromatic rings. The Labute approximate surface area is 67.8 Å². The lowest BCUT2D eigenvalue weighted by molar-refractivity contribution is 0.402. The van der Waals surface area contributed by atoms with E-state index in [-0.39, 0.29) is 0 Å². The lowest BCUT2D eigenvalue weighted by atomic mass is 10.5. The molecule has 0 unspecified atom stereocenters. The van der Waals surface area contributed by atoms with Crippen molar-refractivity contribution in [3.8, 4) is 5.88 Å². The lowest BCUT2D eigenvalue weighted by Crippen LogP contribution is -1.89. The molecule has 0 saturated carbocycles. The summed E-state index contributed by atoms with van der Waals surface area (Å²) in [6.45, 7) is 0. The maximum atomic E-state index is 5.42. The zero-order chi connectivity index (χ0) is 8.55. The number of H-pyrrole nitrogens is 1. The Hall–Kier alpha value is -1.85. The van der Waals surface area contributed by atoms with Crippen molar-refractivity contribution in [2.24, 2.45) is 0 Å². The molecule has 0 bridgehead atoms. The second-order valence-electron chi connectivity index (χ2n) is 2.20. The Balaban J connectivity index is 2.78. The van der Waals surface area contributed by atoms with Crippen LogP contribution >= 0.6 is 0 Å². The van der Waals surface area contributed by atoms with Crippen molar-refractivity contribution in [1.82, 2.24) is 19.9 Å². The van der Waals surface area contributed by atoms with Crippen molar-refractivity contribution in [3.05, 3.63) is 6.33 Å². The van der Waals surface area contributed by atoms with Gasteiger partial charge in [-0.1, -0.05) is 0 Å². The Bertz CT molecular complexity index is 409. The zero-order valence-corrected chi connectivity index (χ0v) is 6.40. The highest BCUT2D eigenvalue weighted by atomic mass is 16.5. The van der Waals surface area contributed by atoms with Crippen molar-refractivity contribution >= 4 is 17.1 Å². The first-order valence-corrected chi connectivity index (χ1v) is 3.31. The molecule has 0 saturated heterocycles. The molecule has 62 valence electrons. The molecular formula is C6H7N5O. The van der Waals surface area contributed by atoms with Crippen LogP contribution < -0.4 is 10.5 Å². The van der Waals surface area contributed by atoms with Gasteiger partial charge in [-0.05, 0) is 0 Å². The van der Waals surface area contributed by atoms with Gasteiger partial charge in [-0.2, -0.15) is 9.97 Å². The Morgan fingerprint density at radius 1 is 1.50 bits per heavy atom. The van der Waals surface area contributed by atoms with Gasteiger partial charge in [0.25, 0.3) is 0 Å². The predicted molar refractivity (Wildman–Crippen MR) is 42.6 cm³/mol. The van der Waals surface area contributed by atoms with E-state index in [1.807, 2.05) is 0 Å². The number of nitrogen functional groups attached to an aromatic ring is 1. The molecule has 0 spiro atoms. The average Bonchev–Trinajstić information content (AvgIpc) is 2.44. The van der Waals surface area contributed by atoms with E-state index in [4.69, 9.17) is 10.5 Å². The minimum atomic E-state index is 0.309. The number of anilines is 1. The third kappa shape index (κ3) is 0.849. The van der Waals surface area contributed by atoms with Crippen LogP contribution in [0.4, 0.5) is 5.95 Å². The number of hydrogen-bond acceptors (Lipinski definition) is 5. The first kappa shape index (κ1) is 6.84. The fourth-order valence-electron chi connectivity index (χ4n) is 0.980. The quantitative estimate of drug-likeness (QED) is 0.618. The molecule has 0 aliphatic carbocycles. The number of nitrogens with zero attached hydrogens (tertiary/aromatic N) is 3. The minimum Gasteiger partial charge on any atom is -0.479 e. The number of aromatic nitrogens is 4. The van der Waals surface area contributed by atoms with E-state index in [0.717, 1.165) is 0 Å². The number of aromatic amines is 1. The number of hydrogen-bond donors (Lipinski definition) is 2. The van der Waals surface area contributed by atoms with Gasteiger partial charge in [0.2, 0.25) is 5.88 Å². The zero-order valence-electron chi connectivity index (χ0n) is 6.40. The number of nitrogens with two attached hydrogens (primary N) is 1. The van der Waals surface area contributed by atoms with Crippen LogP contribution in [0.15, 0.2) is 6.33 Å². The van der Waals surface area contributed by atoms with Gasteiger partial charge in [0.15, 0.2) is 11.6 Å². The Kier molecular flexibility index (Phi) is 1.33. The summed E-state index contributed by atoms with van der Waals surface area (Å²) in [5.74, 6) is 0.757. The van der Waals surface area contributed by atoms with Gasteiger partial charge < -0.3 is 15.5 Å². The summed E-state index contributed by atoms with van der Waals surface area (Å²) in [5.41, 5.74) is 6.56. The van der Waals surface area contributed by atoms with Gasteiger partial charge in [-0.3, -0.25) is 0 Å². The van der Waals surface area contributed by atoms with Crippen LogP contribution in [0.1, 0.15) is 0 Å². The summed E-state index contributed by atoms with van der Waals surface area (Å²) >= 11 is 0. The van der Waals surface area contributed by atoms with E-state index < -0.39 is 0 Å². The third-order valence-corrected chi connectivity index (χ3v) is 1.47. The van der Waals surface area contributed by atoms with E-state index in [9.17, 15) is 0 Å². The van der Waals surface area contributed by atoms with Crippen LogP contribution in [0, 0.1) is 0 Å². The Morgan fingerprint density at radius 3 is 3.08 bits per heavy atom. The lowest BCUT2D eigenvalue weighted by Gasteiger charge is -1.95. The molecule has 3 N–H and O–H groups in total. The van der Waals surface area contributed by atoms with E-state index in [2.05, 4.69) is 19.9 Å². The summed E-state index contributed by atoms with van der Waals surface area (Å²) < 4.78 is 4.96. The van der Waals surface area contributed by atoms with Crippen LogP contribution in [0.3, 0.4) is 0 Å². The van der Waals surface area contributed by atoms with Gasteiger partial charge in [0.05, 0.1) is 7.11 Å².